The number of carbonyl (C=O) groups is 2. The van der Waals surface area contributed by atoms with Crippen LogP contribution in [0.3, 0.4) is 0 Å². The summed E-state index contributed by atoms with van der Waals surface area (Å²) in [5, 5.41) is 22.2. The van der Waals surface area contributed by atoms with Gasteiger partial charge in [0.05, 0.1) is 5.69 Å². The monoisotopic (exact) mass is 275 g/mol. The Hall–Kier alpha value is -2.77. The van der Waals surface area contributed by atoms with Gasteiger partial charge in [0.15, 0.2) is 0 Å². The Morgan fingerprint density at radius 2 is 2.15 bits per heavy atom. The molecule has 2 aromatic rings. The summed E-state index contributed by atoms with van der Waals surface area (Å²) in [5.74, 6) is -2.86. The number of tetrazole rings is 1. The molecule has 1 amide bonds. The van der Waals surface area contributed by atoms with Crippen LogP contribution in [0, 0.1) is 12.8 Å². The molecule has 0 aliphatic carbocycles. The molecule has 0 saturated carbocycles. The zero-order chi connectivity index (χ0) is 14.7. The highest BCUT2D eigenvalue weighted by molar-refractivity contribution is 6.04. The second-order valence-electron chi connectivity index (χ2n) is 4.30. The van der Waals surface area contributed by atoms with Crippen molar-refractivity contribution in [3.63, 3.8) is 0 Å². The number of nitrogens with one attached hydrogen (secondary N) is 1. The van der Waals surface area contributed by atoms with E-state index in [1.807, 2.05) is 6.92 Å². The number of hydrogen-bond acceptors (Lipinski definition) is 5. The second-order valence-corrected chi connectivity index (χ2v) is 4.30. The lowest BCUT2D eigenvalue weighted by atomic mass is 10.1. The highest BCUT2D eigenvalue weighted by Gasteiger charge is 2.21. The molecule has 0 saturated heterocycles. The standard InChI is InChI=1S/C12H13N5O3/c1-7-3-4-9(17-6-13-15-16-17)5-10(7)14-11(18)8(2)12(19)20/h3-6,8H,1-2H3,(H,14,18)(H,19,20). The third-order valence-electron chi connectivity index (χ3n) is 2.86. The van der Waals surface area contributed by atoms with Crippen molar-refractivity contribution >= 4 is 17.6 Å². The highest BCUT2D eigenvalue weighted by Crippen LogP contribution is 2.19. The van der Waals surface area contributed by atoms with Gasteiger partial charge in [-0.05, 0) is 42.0 Å². The molecule has 0 aliphatic rings. The lowest BCUT2D eigenvalue weighted by Gasteiger charge is -2.12. The molecule has 1 aromatic heterocycles. The molecule has 1 aromatic carbocycles. The van der Waals surface area contributed by atoms with Crippen LogP contribution in [-0.4, -0.2) is 37.2 Å². The summed E-state index contributed by atoms with van der Waals surface area (Å²) in [4.78, 5) is 22.5. The predicted octanol–water partition coefficient (Wildman–Crippen LogP) is 0.630. The molecule has 8 nitrogen and oxygen atoms in total. The van der Waals surface area contributed by atoms with Crippen LogP contribution in [0.15, 0.2) is 24.5 Å². The van der Waals surface area contributed by atoms with Gasteiger partial charge in [-0.15, -0.1) is 5.10 Å². The fourth-order valence-electron chi connectivity index (χ4n) is 1.52. The quantitative estimate of drug-likeness (QED) is 0.792. The van der Waals surface area contributed by atoms with Gasteiger partial charge in [-0.3, -0.25) is 9.59 Å². The van der Waals surface area contributed by atoms with Gasteiger partial charge in [0, 0.05) is 5.69 Å². The number of benzene rings is 1. The molecule has 0 fully saturated rings. The van der Waals surface area contributed by atoms with E-state index < -0.39 is 17.8 Å². The number of aliphatic carboxylic acids is 1. The van der Waals surface area contributed by atoms with E-state index >= 15 is 0 Å². The van der Waals surface area contributed by atoms with Crippen molar-refractivity contribution in [1.82, 2.24) is 20.2 Å². The van der Waals surface area contributed by atoms with E-state index in [2.05, 4.69) is 20.8 Å². The molecule has 1 atom stereocenters. The fourth-order valence-corrected chi connectivity index (χ4v) is 1.52. The van der Waals surface area contributed by atoms with Crippen molar-refractivity contribution in [2.24, 2.45) is 5.92 Å². The summed E-state index contributed by atoms with van der Waals surface area (Å²) in [5.41, 5.74) is 2.00. The molecule has 2 N–H and O–H groups in total. The smallest absolute Gasteiger partial charge is 0.315 e. The number of aromatic nitrogens is 4. The van der Waals surface area contributed by atoms with E-state index in [9.17, 15) is 9.59 Å². The van der Waals surface area contributed by atoms with Gasteiger partial charge in [-0.1, -0.05) is 6.07 Å². The Bertz CT molecular complexity index is 639. The predicted molar refractivity (Wildman–Crippen MR) is 69.3 cm³/mol. The maximum Gasteiger partial charge on any atom is 0.315 e. The van der Waals surface area contributed by atoms with E-state index in [-0.39, 0.29) is 0 Å². The molecule has 2 rings (SSSR count). The largest absolute Gasteiger partial charge is 0.481 e. The molecule has 20 heavy (non-hydrogen) atoms. The van der Waals surface area contributed by atoms with Crippen LogP contribution >= 0.6 is 0 Å². The molecule has 0 radical (unpaired) electrons. The lowest BCUT2D eigenvalue weighted by Crippen LogP contribution is -2.27. The fraction of sp³-hybridized carbons (Fsp3) is 0.250. The number of rotatable bonds is 4. The van der Waals surface area contributed by atoms with Crippen molar-refractivity contribution in [3.05, 3.63) is 30.1 Å². The Morgan fingerprint density at radius 3 is 2.75 bits per heavy atom. The summed E-state index contributed by atoms with van der Waals surface area (Å²) in [6.07, 6.45) is 1.43. The minimum atomic E-state index is -1.17. The maximum absolute atomic E-state index is 11.8. The summed E-state index contributed by atoms with van der Waals surface area (Å²) in [6.45, 7) is 3.14. The topological polar surface area (TPSA) is 110 Å². The first-order valence-electron chi connectivity index (χ1n) is 5.86. The van der Waals surface area contributed by atoms with Gasteiger partial charge in [0.1, 0.15) is 12.2 Å². The SMILES string of the molecule is Cc1ccc(-n2cnnn2)cc1NC(=O)C(C)C(=O)O. The van der Waals surface area contributed by atoms with Gasteiger partial charge in [0.2, 0.25) is 5.91 Å². The Kier molecular flexibility index (Phi) is 3.74. The zero-order valence-corrected chi connectivity index (χ0v) is 10.9. The number of nitrogens with zero attached hydrogens (tertiary/aromatic N) is 4. The third-order valence-corrected chi connectivity index (χ3v) is 2.86. The summed E-state index contributed by atoms with van der Waals surface area (Å²) in [7, 11) is 0. The molecule has 0 spiro atoms. The number of carboxylic acids is 1. The van der Waals surface area contributed by atoms with Crippen molar-refractivity contribution in [1.29, 1.82) is 0 Å². The van der Waals surface area contributed by atoms with Crippen molar-refractivity contribution in [2.75, 3.05) is 5.32 Å². The van der Waals surface area contributed by atoms with E-state index in [4.69, 9.17) is 5.11 Å². The van der Waals surface area contributed by atoms with Crippen LogP contribution in [0.25, 0.3) is 5.69 Å². The molecule has 0 bridgehead atoms. The average Bonchev–Trinajstić information content (AvgIpc) is 2.94. The normalized spacial score (nSPS) is 11.9. The minimum absolute atomic E-state index is 0.524. The van der Waals surface area contributed by atoms with E-state index in [1.54, 1.807) is 18.2 Å². The van der Waals surface area contributed by atoms with Crippen LogP contribution in [0.5, 0.6) is 0 Å². The first kappa shape index (κ1) is 13.7. The molecular formula is C12H13N5O3. The van der Waals surface area contributed by atoms with Crippen LogP contribution in [0.4, 0.5) is 5.69 Å². The first-order chi connectivity index (χ1) is 9.49. The van der Waals surface area contributed by atoms with Crippen LogP contribution in [0.2, 0.25) is 0 Å². The molecule has 1 heterocycles. The summed E-state index contributed by atoms with van der Waals surface area (Å²) in [6, 6.07) is 5.26. The Labute approximate surface area is 114 Å². The van der Waals surface area contributed by atoms with Crippen molar-refractivity contribution in [3.8, 4) is 5.69 Å². The van der Waals surface area contributed by atoms with Gasteiger partial charge >= 0.3 is 5.97 Å². The molecular weight excluding hydrogens is 262 g/mol. The first-order valence-corrected chi connectivity index (χ1v) is 5.86. The van der Waals surface area contributed by atoms with Crippen LogP contribution < -0.4 is 5.32 Å². The van der Waals surface area contributed by atoms with Crippen LogP contribution in [0.1, 0.15) is 12.5 Å². The van der Waals surface area contributed by atoms with E-state index in [0.717, 1.165) is 5.56 Å². The average molecular weight is 275 g/mol. The van der Waals surface area contributed by atoms with Crippen LogP contribution in [-0.2, 0) is 9.59 Å². The second kappa shape index (κ2) is 5.47. The third kappa shape index (κ3) is 2.79. The highest BCUT2D eigenvalue weighted by atomic mass is 16.4. The summed E-state index contributed by atoms with van der Waals surface area (Å²) < 4.78 is 1.44. The number of carbonyl (C=O) groups excluding carboxylic acids is 1. The molecule has 0 aliphatic heterocycles. The number of amides is 1. The number of anilines is 1. The lowest BCUT2D eigenvalue weighted by molar-refractivity contribution is -0.144. The van der Waals surface area contributed by atoms with Crippen molar-refractivity contribution in [2.45, 2.75) is 13.8 Å². The maximum atomic E-state index is 11.8. The van der Waals surface area contributed by atoms with Gasteiger partial charge in [0.25, 0.3) is 0 Å². The molecule has 8 heteroatoms. The summed E-state index contributed by atoms with van der Waals surface area (Å²) >= 11 is 0. The van der Waals surface area contributed by atoms with Gasteiger partial charge < -0.3 is 10.4 Å². The zero-order valence-electron chi connectivity index (χ0n) is 10.9. The number of hydrogen-bond donors (Lipinski definition) is 2. The molecule has 1 unspecified atom stereocenters. The van der Waals surface area contributed by atoms with E-state index in [0.29, 0.717) is 11.4 Å². The van der Waals surface area contributed by atoms with Gasteiger partial charge in [-0.25, -0.2) is 4.68 Å². The van der Waals surface area contributed by atoms with Gasteiger partial charge in [-0.2, -0.15) is 0 Å². The number of carboxylic acid groups (broad SMARTS) is 1. The number of aryl methyl sites for hydroxylation is 1. The van der Waals surface area contributed by atoms with Crippen molar-refractivity contribution < 1.29 is 14.7 Å². The Balaban J connectivity index is 2.26. The van der Waals surface area contributed by atoms with E-state index in [1.165, 1.54) is 17.9 Å². The minimum Gasteiger partial charge on any atom is -0.481 e. The molecule has 104 valence electrons. The Morgan fingerprint density at radius 1 is 1.40 bits per heavy atom.